The van der Waals surface area contributed by atoms with E-state index in [1.807, 2.05) is 13.0 Å². The third-order valence-corrected chi connectivity index (χ3v) is 3.62. The fourth-order valence-corrected chi connectivity index (χ4v) is 2.75. The molecule has 0 aromatic heterocycles. The Hall–Kier alpha value is -1.22. The molecule has 1 heterocycles. The van der Waals surface area contributed by atoms with Crippen molar-refractivity contribution in [1.82, 2.24) is 5.32 Å². The van der Waals surface area contributed by atoms with Crippen LogP contribution in [0.25, 0.3) is 0 Å². The Labute approximate surface area is 116 Å². The van der Waals surface area contributed by atoms with E-state index < -0.39 is 0 Å². The van der Waals surface area contributed by atoms with Gasteiger partial charge in [-0.05, 0) is 38.4 Å². The summed E-state index contributed by atoms with van der Waals surface area (Å²) < 4.78 is 5.76. The molecule has 0 aliphatic carbocycles. The first-order valence-electron chi connectivity index (χ1n) is 7.55. The van der Waals surface area contributed by atoms with Gasteiger partial charge in [0.2, 0.25) is 0 Å². The molecule has 1 saturated heterocycles. The van der Waals surface area contributed by atoms with Gasteiger partial charge in [0.15, 0.2) is 0 Å². The highest BCUT2D eigenvalue weighted by molar-refractivity contribution is 5.58. The molecule has 1 aromatic rings. The molecule has 106 valence electrons. The number of hydrogen-bond acceptors (Lipinski definition) is 3. The number of ether oxygens (including phenoxy) is 1. The Morgan fingerprint density at radius 2 is 2.16 bits per heavy atom. The van der Waals surface area contributed by atoms with E-state index in [2.05, 4.69) is 35.3 Å². The van der Waals surface area contributed by atoms with Gasteiger partial charge in [-0.15, -0.1) is 0 Å². The second kappa shape index (κ2) is 7.39. The van der Waals surface area contributed by atoms with Crippen LogP contribution in [0.2, 0.25) is 0 Å². The van der Waals surface area contributed by atoms with Gasteiger partial charge < -0.3 is 15.0 Å². The molecular formula is C16H26N2O. The Balaban J connectivity index is 2.14. The van der Waals surface area contributed by atoms with Crippen molar-refractivity contribution in [2.75, 3.05) is 31.1 Å². The van der Waals surface area contributed by atoms with Crippen LogP contribution in [0, 0.1) is 0 Å². The summed E-state index contributed by atoms with van der Waals surface area (Å²) >= 11 is 0. The quantitative estimate of drug-likeness (QED) is 0.882. The molecule has 1 N–H and O–H groups in total. The number of benzene rings is 1. The third kappa shape index (κ3) is 3.87. The number of anilines is 1. The SMILES string of the molecule is CCCC1CN(c2ccccc2OCC)CCCN1. The smallest absolute Gasteiger partial charge is 0.142 e. The topological polar surface area (TPSA) is 24.5 Å². The Morgan fingerprint density at radius 1 is 1.32 bits per heavy atom. The van der Waals surface area contributed by atoms with Crippen molar-refractivity contribution in [3.8, 4) is 5.75 Å². The molecule has 0 amide bonds. The summed E-state index contributed by atoms with van der Waals surface area (Å²) in [5, 5.41) is 3.65. The average Bonchev–Trinajstić information content (AvgIpc) is 2.66. The average molecular weight is 262 g/mol. The molecular weight excluding hydrogens is 236 g/mol. The highest BCUT2D eigenvalue weighted by Crippen LogP contribution is 2.29. The zero-order valence-electron chi connectivity index (χ0n) is 12.2. The van der Waals surface area contributed by atoms with Crippen LogP contribution in [0.1, 0.15) is 33.1 Å². The largest absolute Gasteiger partial charge is 0.492 e. The van der Waals surface area contributed by atoms with Crippen LogP contribution in [0.15, 0.2) is 24.3 Å². The van der Waals surface area contributed by atoms with E-state index in [0.717, 1.165) is 32.0 Å². The molecule has 1 unspecified atom stereocenters. The predicted octanol–water partition coefficient (Wildman–Crippen LogP) is 3.05. The zero-order chi connectivity index (χ0) is 13.5. The van der Waals surface area contributed by atoms with E-state index in [-0.39, 0.29) is 0 Å². The van der Waals surface area contributed by atoms with Crippen LogP contribution in [-0.4, -0.2) is 32.3 Å². The minimum atomic E-state index is 0.599. The van der Waals surface area contributed by atoms with Gasteiger partial charge in [-0.1, -0.05) is 25.5 Å². The molecule has 1 aliphatic rings. The fraction of sp³-hybridized carbons (Fsp3) is 0.625. The van der Waals surface area contributed by atoms with Gasteiger partial charge in [0.1, 0.15) is 5.75 Å². The number of nitrogens with one attached hydrogen (secondary N) is 1. The summed E-state index contributed by atoms with van der Waals surface area (Å²) in [5.74, 6) is 1.02. The highest BCUT2D eigenvalue weighted by Gasteiger charge is 2.19. The van der Waals surface area contributed by atoms with Crippen LogP contribution in [-0.2, 0) is 0 Å². The van der Waals surface area contributed by atoms with Crippen LogP contribution >= 0.6 is 0 Å². The van der Waals surface area contributed by atoms with E-state index in [0.29, 0.717) is 6.04 Å². The predicted molar refractivity (Wildman–Crippen MR) is 81.1 cm³/mol. The standard InChI is InChI=1S/C16H26N2O/c1-3-8-14-13-18(12-7-11-17-14)15-9-5-6-10-16(15)19-4-2/h5-6,9-10,14,17H,3-4,7-8,11-13H2,1-2H3. The molecule has 1 fully saturated rings. The van der Waals surface area contributed by atoms with E-state index in [1.165, 1.54) is 24.9 Å². The summed E-state index contributed by atoms with van der Waals surface area (Å²) in [4.78, 5) is 2.48. The lowest BCUT2D eigenvalue weighted by Crippen LogP contribution is -2.37. The lowest BCUT2D eigenvalue weighted by Gasteiger charge is -2.28. The van der Waals surface area contributed by atoms with Gasteiger partial charge in [0, 0.05) is 19.1 Å². The van der Waals surface area contributed by atoms with Crippen LogP contribution in [0.5, 0.6) is 5.75 Å². The van der Waals surface area contributed by atoms with Crippen molar-refractivity contribution < 1.29 is 4.74 Å². The minimum Gasteiger partial charge on any atom is -0.492 e. The molecule has 1 aliphatic heterocycles. The number of rotatable bonds is 5. The number of nitrogens with zero attached hydrogens (tertiary/aromatic N) is 1. The van der Waals surface area contributed by atoms with Crippen molar-refractivity contribution in [2.45, 2.75) is 39.2 Å². The molecule has 0 saturated carbocycles. The van der Waals surface area contributed by atoms with Crippen molar-refractivity contribution in [3.63, 3.8) is 0 Å². The van der Waals surface area contributed by atoms with Crippen molar-refractivity contribution in [1.29, 1.82) is 0 Å². The normalized spacial score (nSPS) is 20.1. The maximum atomic E-state index is 5.76. The maximum Gasteiger partial charge on any atom is 0.142 e. The summed E-state index contributed by atoms with van der Waals surface area (Å²) in [6.07, 6.45) is 3.67. The fourth-order valence-electron chi connectivity index (χ4n) is 2.75. The van der Waals surface area contributed by atoms with E-state index >= 15 is 0 Å². The maximum absolute atomic E-state index is 5.76. The van der Waals surface area contributed by atoms with Crippen LogP contribution in [0.4, 0.5) is 5.69 Å². The molecule has 2 rings (SSSR count). The Kier molecular flexibility index (Phi) is 5.52. The molecule has 3 nitrogen and oxygen atoms in total. The zero-order valence-corrected chi connectivity index (χ0v) is 12.2. The van der Waals surface area contributed by atoms with Crippen molar-refractivity contribution in [2.24, 2.45) is 0 Å². The number of hydrogen-bond donors (Lipinski definition) is 1. The van der Waals surface area contributed by atoms with Gasteiger partial charge in [-0.2, -0.15) is 0 Å². The third-order valence-electron chi connectivity index (χ3n) is 3.62. The Morgan fingerprint density at radius 3 is 2.95 bits per heavy atom. The first kappa shape index (κ1) is 14.2. The second-order valence-electron chi connectivity index (χ2n) is 5.14. The molecule has 0 bridgehead atoms. The minimum absolute atomic E-state index is 0.599. The van der Waals surface area contributed by atoms with Gasteiger partial charge in [-0.25, -0.2) is 0 Å². The number of para-hydroxylation sites is 2. The highest BCUT2D eigenvalue weighted by atomic mass is 16.5. The van der Waals surface area contributed by atoms with Crippen molar-refractivity contribution in [3.05, 3.63) is 24.3 Å². The van der Waals surface area contributed by atoms with E-state index in [9.17, 15) is 0 Å². The van der Waals surface area contributed by atoms with Gasteiger partial charge in [-0.3, -0.25) is 0 Å². The molecule has 1 aromatic carbocycles. The van der Waals surface area contributed by atoms with Crippen LogP contribution < -0.4 is 15.0 Å². The van der Waals surface area contributed by atoms with Gasteiger partial charge >= 0.3 is 0 Å². The molecule has 0 spiro atoms. The van der Waals surface area contributed by atoms with Gasteiger partial charge in [0.25, 0.3) is 0 Å². The summed E-state index contributed by atoms with van der Waals surface area (Å²) in [6.45, 7) is 8.33. The first-order valence-corrected chi connectivity index (χ1v) is 7.55. The summed E-state index contributed by atoms with van der Waals surface area (Å²) in [7, 11) is 0. The Bertz CT molecular complexity index is 381. The van der Waals surface area contributed by atoms with E-state index in [4.69, 9.17) is 4.74 Å². The monoisotopic (exact) mass is 262 g/mol. The molecule has 3 heteroatoms. The second-order valence-corrected chi connectivity index (χ2v) is 5.14. The summed E-state index contributed by atoms with van der Waals surface area (Å²) in [6, 6.07) is 9.01. The van der Waals surface area contributed by atoms with Crippen LogP contribution in [0.3, 0.4) is 0 Å². The molecule has 0 radical (unpaired) electrons. The van der Waals surface area contributed by atoms with E-state index in [1.54, 1.807) is 0 Å². The van der Waals surface area contributed by atoms with Gasteiger partial charge in [0.05, 0.1) is 12.3 Å². The molecule has 1 atom stereocenters. The summed E-state index contributed by atoms with van der Waals surface area (Å²) in [5.41, 5.74) is 1.24. The lowest BCUT2D eigenvalue weighted by atomic mass is 10.1. The lowest BCUT2D eigenvalue weighted by molar-refractivity contribution is 0.340. The van der Waals surface area contributed by atoms with Crippen molar-refractivity contribution >= 4 is 5.69 Å². The first-order chi connectivity index (χ1) is 9.35. The molecule has 19 heavy (non-hydrogen) atoms.